The molecule has 3 unspecified atom stereocenters. The minimum atomic E-state index is -3.04. The van der Waals surface area contributed by atoms with Crippen LogP contribution in [0, 0.1) is 5.92 Å². The van der Waals surface area contributed by atoms with Crippen LogP contribution in [0.15, 0.2) is 194 Å². The first-order valence-corrected chi connectivity index (χ1v) is 20.5. The number of rotatable bonds is 12. The molecule has 7 rings (SSSR count). The quantitative estimate of drug-likeness (QED) is 0.0549. The van der Waals surface area contributed by atoms with E-state index in [1.807, 2.05) is 48.5 Å². The molecule has 6 aromatic carbocycles. The van der Waals surface area contributed by atoms with E-state index in [-0.39, 0.29) is 16.7 Å². The zero-order valence-corrected chi connectivity index (χ0v) is 31.9. The number of ether oxygens (including phenoxy) is 1. The van der Waals surface area contributed by atoms with Crippen molar-refractivity contribution in [3.63, 3.8) is 0 Å². The molecule has 1 fully saturated rings. The Balaban J connectivity index is 1.42. The first-order valence-electron chi connectivity index (χ1n) is 18.6. The highest BCUT2D eigenvalue weighted by Crippen LogP contribution is 2.49. The smallest absolute Gasteiger partial charge is 0.261 e. The molecule has 3 nitrogen and oxygen atoms in total. The van der Waals surface area contributed by atoms with Gasteiger partial charge in [-0.1, -0.05) is 209 Å². The molecule has 0 saturated heterocycles. The number of benzene rings is 6. The molecule has 1 aliphatic rings. The van der Waals surface area contributed by atoms with Gasteiger partial charge in [0, 0.05) is 12.0 Å². The monoisotopic (exact) mass is 712 g/mol. The Morgan fingerprint density at radius 1 is 0.604 bits per heavy atom. The molecule has 266 valence electrons. The molecule has 0 heterocycles. The summed E-state index contributed by atoms with van der Waals surface area (Å²) in [5, 5.41) is 2.15. The Hall–Kier alpha value is -5.13. The SMILES string of the molecule is C=C1C(CC(=O)c2ccccc2)CC(O[Si](c2ccccc2)(c2ccccc2)C(C)(C)C)C1OC(c1ccccc1)(c1ccccc1)c1ccccc1. The third kappa shape index (κ3) is 7.03. The van der Waals surface area contributed by atoms with Crippen LogP contribution in [0.3, 0.4) is 0 Å². The highest BCUT2D eigenvalue weighted by atomic mass is 28.4. The maximum Gasteiger partial charge on any atom is 0.261 e. The van der Waals surface area contributed by atoms with E-state index in [0.717, 1.165) is 22.3 Å². The van der Waals surface area contributed by atoms with Crippen molar-refractivity contribution >= 4 is 24.5 Å². The molecule has 6 aromatic rings. The average Bonchev–Trinajstić information content (AvgIpc) is 3.49. The molecular weight excluding hydrogens is 665 g/mol. The maximum atomic E-state index is 13.9. The van der Waals surface area contributed by atoms with Gasteiger partial charge in [-0.05, 0) is 50.0 Å². The van der Waals surface area contributed by atoms with Crippen molar-refractivity contribution in [1.82, 2.24) is 0 Å². The van der Waals surface area contributed by atoms with Gasteiger partial charge in [-0.2, -0.15) is 0 Å². The van der Waals surface area contributed by atoms with E-state index in [1.54, 1.807) is 0 Å². The fourth-order valence-corrected chi connectivity index (χ4v) is 13.0. The van der Waals surface area contributed by atoms with Gasteiger partial charge in [0.1, 0.15) is 11.7 Å². The molecule has 1 saturated carbocycles. The number of carbonyl (C=O) groups excluding carboxylic acids is 1. The highest BCUT2D eigenvalue weighted by molar-refractivity contribution is 6.99. The number of hydrogen-bond donors (Lipinski definition) is 0. The van der Waals surface area contributed by atoms with E-state index in [1.165, 1.54) is 10.4 Å². The Morgan fingerprint density at radius 2 is 0.981 bits per heavy atom. The fraction of sp³-hybridized carbons (Fsp3) is 0.204. The molecule has 1 aliphatic carbocycles. The molecule has 0 N–H and O–H groups in total. The minimum absolute atomic E-state index is 0.0991. The number of Topliss-reactive ketones (excluding diaryl/α,β-unsaturated/α-hetero) is 1. The van der Waals surface area contributed by atoms with Crippen LogP contribution in [0.1, 0.15) is 60.7 Å². The summed E-state index contributed by atoms with van der Waals surface area (Å²) in [7, 11) is -3.04. The molecular formula is C49H48O3Si. The lowest BCUT2D eigenvalue weighted by atomic mass is 9.79. The van der Waals surface area contributed by atoms with E-state index >= 15 is 0 Å². The molecule has 4 heteroatoms. The molecule has 0 bridgehead atoms. The van der Waals surface area contributed by atoms with Crippen LogP contribution >= 0.6 is 0 Å². The molecule has 0 aromatic heterocycles. The zero-order chi connectivity index (χ0) is 36.9. The van der Waals surface area contributed by atoms with Crippen molar-refractivity contribution in [1.29, 1.82) is 0 Å². The Morgan fingerprint density at radius 3 is 1.38 bits per heavy atom. The summed E-state index contributed by atoms with van der Waals surface area (Å²) in [5.74, 6) is -0.0435. The van der Waals surface area contributed by atoms with Crippen LogP contribution in [-0.4, -0.2) is 26.3 Å². The fourth-order valence-electron chi connectivity index (χ4n) is 8.30. The summed E-state index contributed by atoms with van der Waals surface area (Å²) in [4.78, 5) is 13.9. The Labute approximate surface area is 316 Å². The summed E-state index contributed by atoms with van der Waals surface area (Å²) in [6.07, 6.45) is 0.0167. The van der Waals surface area contributed by atoms with Crippen LogP contribution in [0.5, 0.6) is 0 Å². The topological polar surface area (TPSA) is 35.5 Å². The molecule has 0 aliphatic heterocycles. The van der Waals surface area contributed by atoms with Gasteiger partial charge in [-0.15, -0.1) is 0 Å². The molecule has 0 spiro atoms. The van der Waals surface area contributed by atoms with Crippen LogP contribution in [-0.2, 0) is 14.8 Å². The Kier molecular flexibility index (Phi) is 10.6. The number of hydrogen-bond acceptors (Lipinski definition) is 3. The summed E-state index contributed by atoms with van der Waals surface area (Å²) < 4.78 is 15.7. The van der Waals surface area contributed by atoms with E-state index in [0.29, 0.717) is 18.4 Å². The second kappa shape index (κ2) is 15.5. The van der Waals surface area contributed by atoms with Gasteiger partial charge < -0.3 is 9.16 Å². The van der Waals surface area contributed by atoms with Crippen molar-refractivity contribution in [3.05, 3.63) is 216 Å². The average molecular weight is 713 g/mol. The van der Waals surface area contributed by atoms with Crippen molar-refractivity contribution in [2.24, 2.45) is 5.92 Å². The summed E-state index contributed by atoms with van der Waals surface area (Å²) in [6.45, 7) is 11.7. The lowest BCUT2D eigenvalue weighted by molar-refractivity contribution is -0.0687. The van der Waals surface area contributed by atoms with E-state index in [2.05, 4.69) is 154 Å². The second-order valence-electron chi connectivity index (χ2n) is 15.1. The van der Waals surface area contributed by atoms with Crippen molar-refractivity contribution in [2.75, 3.05) is 0 Å². The van der Waals surface area contributed by atoms with Gasteiger partial charge in [0.2, 0.25) is 0 Å². The lowest BCUT2D eigenvalue weighted by Crippen LogP contribution is -2.68. The van der Waals surface area contributed by atoms with Crippen molar-refractivity contribution in [2.45, 2.75) is 56.5 Å². The van der Waals surface area contributed by atoms with Crippen LogP contribution in [0.2, 0.25) is 5.04 Å². The molecule has 0 amide bonds. The van der Waals surface area contributed by atoms with Gasteiger partial charge in [0.15, 0.2) is 5.78 Å². The maximum absolute atomic E-state index is 13.9. The standard InChI is InChI=1S/C49H48O3Si/c1-37-39(35-45(50)38-23-11-5-12-24-38)36-46(52-53(48(2,3)4,43-31-19-9-20-32-43)44-33-21-10-22-34-44)47(37)51-49(40-25-13-6-14-26-40,41-27-15-7-16-28-41)42-29-17-8-18-30-42/h5-34,39,46-47H,1,35-36H2,2-4H3. The zero-order valence-electron chi connectivity index (χ0n) is 30.9. The predicted molar refractivity (Wildman–Crippen MR) is 219 cm³/mol. The largest absolute Gasteiger partial charge is 0.401 e. The van der Waals surface area contributed by atoms with Gasteiger partial charge in [0.25, 0.3) is 8.32 Å². The lowest BCUT2D eigenvalue weighted by Gasteiger charge is -2.46. The predicted octanol–water partition coefficient (Wildman–Crippen LogP) is 10.2. The van der Waals surface area contributed by atoms with Gasteiger partial charge in [-0.25, -0.2) is 0 Å². The van der Waals surface area contributed by atoms with E-state index in [4.69, 9.17) is 15.7 Å². The highest BCUT2D eigenvalue weighted by Gasteiger charge is 2.55. The number of ketones is 1. The van der Waals surface area contributed by atoms with Crippen LogP contribution in [0.25, 0.3) is 0 Å². The molecule has 3 atom stereocenters. The minimum Gasteiger partial charge on any atom is -0.401 e. The van der Waals surface area contributed by atoms with Crippen molar-refractivity contribution in [3.8, 4) is 0 Å². The molecule has 0 radical (unpaired) electrons. The normalized spacial score (nSPS) is 17.8. The summed E-state index contributed by atoms with van der Waals surface area (Å²) in [5.41, 5.74) is 3.64. The van der Waals surface area contributed by atoms with Crippen LogP contribution < -0.4 is 10.4 Å². The first kappa shape index (κ1) is 36.2. The van der Waals surface area contributed by atoms with Gasteiger partial charge >= 0.3 is 0 Å². The Bertz CT molecular complexity index is 1960. The number of carbonyl (C=O) groups is 1. The summed E-state index contributed by atoms with van der Waals surface area (Å²) in [6, 6.07) is 62.5. The third-order valence-electron chi connectivity index (χ3n) is 10.9. The van der Waals surface area contributed by atoms with Crippen molar-refractivity contribution < 1.29 is 14.0 Å². The van der Waals surface area contributed by atoms with Gasteiger partial charge in [0.05, 0.1) is 6.10 Å². The first-order chi connectivity index (χ1) is 25.7. The van der Waals surface area contributed by atoms with E-state index in [9.17, 15) is 4.79 Å². The van der Waals surface area contributed by atoms with Crippen LogP contribution in [0.4, 0.5) is 0 Å². The van der Waals surface area contributed by atoms with E-state index < -0.39 is 26.1 Å². The third-order valence-corrected chi connectivity index (χ3v) is 15.9. The second-order valence-corrected chi connectivity index (χ2v) is 19.4. The summed E-state index contributed by atoms with van der Waals surface area (Å²) >= 11 is 0. The molecule has 53 heavy (non-hydrogen) atoms. The van der Waals surface area contributed by atoms with Gasteiger partial charge in [-0.3, -0.25) is 4.79 Å².